The molecule has 0 aliphatic heterocycles. The van der Waals surface area contributed by atoms with E-state index in [-0.39, 0.29) is 0 Å². The number of fused-ring (bicyclic) bond motifs is 1. The molecule has 0 N–H and O–H groups in total. The van der Waals surface area contributed by atoms with Crippen molar-refractivity contribution in [2.24, 2.45) is 0 Å². The van der Waals surface area contributed by atoms with Crippen molar-refractivity contribution >= 4 is 22.4 Å². The Morgan fingerprint density at radius 2 is 2.05 bits per heavy atom. The van der Waals surface area contributed by atoms with Gasteiger partial charge in [0.2, 0.25) is 0 Å². The first-order chi connectivity index (χ1) is 9.29. The molecule has 0 saturated heterocycles. The van der Waals surface area contributed by atoms with Crippen LogP contribution in [-0.4, -0.2) is 22.3 Å². The van der Waals surface area contributed by atoms with Gasteiger partial charge in [0.1, 0.15) is 11.4 Å². The molecule has 0 aliphatic rings. The molecule has 0 atom stereocenters. The second-order valence-electron chi connectivity index (χ2n) is 4.00. The number of hydrogen-bond acceptors (Lipinski definition) is 4. The molecule has 5 heteroatoms. The minimum atomic E-state index is 0.621. The van der Waals surface area contributed by atoms with Crippen molar-refractivity contribution in [1.82, 2.24) is 15.2 Å². The van der Waals surface area contributed by atoms with Crippen molar-refractivity contribution < 1.29 is 4.74 Å². The van der Waals surface area contributed by atoms with Crippen LogP contribution in [0.1, 0.15) is 0 Å². The smallest absolute Gasteiger partial charge is 0.129 e. The third-order valence-corrected chi connectivity index (χ3v) is 3.12. The standard InChI is InChI=1S/C14H10ClN3O/c1-19-13-6-10(15)2-3-12(13)14-11-4-5-16-7-9(11)8-17-18-14/h2-8H,1H3. The second kappa shape index (κ2) is 4.82. The molecule has 0 spiro atoms. The van der Waals surface area contributed by atoms with Crippen molar-refractivity contribution in [3.8, 4) is 17.0 Å². The van der Waals surface area contributed by atoms with Crippen molar-refractivity contribution in [3.05, 3.63) is 47.9 Å². The first-order valence-corrected chi connectivity index (χ1v) is 6.06. The fourth-order valence-corrected chi connectivity index (χ4v) is 2.15. The van der Waals surface area contributed by atoms with E-state index in [1.165, 1.54) is 0 Å². The minimum absolute atomic E-state index is 0.621. The van der Waals surface area contributed by atoms with Crippen LogP contribution in [0, 0.1) is 0 Å². The summed E-state index contributed by atoms with van der Waals surface area (Å²) in [5, 5.41) is 10.8. The zero-order valence-electron chi connectivity index (χ0n) is 10.2. The van der Waals surface area contributed by atoms with Crippen LogP contribution in [0.2, 0.25) is 5.02 Å². The molecule has 2 aromatic heterocycles. The highest BCUT2D eigenvalue weighted by Crippen LogP contribution is 2.34. The second-order valence-corrected chi connectivity index (χ2v) is 4.44. The van der Waals surface area contributed by atoms with Gasteiger partial charge in [-0.2, -0.15) is 5.10 Å². The van der Waals surface area contributed by atoms with Crippen molar-refractivity contribution in [2.45, 2.75) is 0 Å². The van der Waals surface area contributed by atoms with E-state index in [0.717, 1.165) is 22.0 Å². The first-order valence-electron chi connectivity index (χ1n) is 5.69. The number of benzene rings is 1. The molecule has 3 rings (SSSR count). The summed E-state index contributed by atoms with van der Waals surface area (Å²) in [6.45, 7) is 0. The van der Waals surface area contributed by atoms with Crippen LogP contribution in [0.25, 0.3) is 22.0 Å². The van der Waals surface area contributed by atoms with E-state index in [4.69, 9.17) is 16.3 Å². The van der Waals surface area contributed by atoms with Crippen LogP contribution >= 0.6 is 11.6 Å². The van der Waals surface area contributed by atoms with Gasteiger partial charge < -0.3 is 4.74 Å². The third kappa shape index (κ3) is 2.11. The Bertz CT molecular complexity index is 740. The summed E-state index contributed by atoms with van der Waals surface area (Å²) in [5.74, 6) is 0.672. The zero-order valence-corrected chi connectivity index (χ0v) is 10.9. The molecular weight excluding hydrogens is 262 g/mol. The molecule has 2 heterocycles. The Kier molecular flexibility index (Phi) is 3.01. The van der Waals surface area contributed by atoms with Gasteiger partial charge in [-0.3, -0.25) is 4.98 Å². The van der Waals surface area contributed by atoms with Gasteiger partial charge in [-0.1, -0.05) is 11.6 Å². The van der Waals surface area contributed by atoms with E-state index >= 15 is 0 Å². The van der Waals surface area contributed by atoms with Crippen LogP contribution in [0.15, 0.2) is 42.9 Å². The van der Waals surface area contributed by atoms with E-state index in [1.54, 1.807) is 37.8 Å². The van der Waals surface area contributed by atoms with Gasteiger partial charge >= 0.3 is 0 Å². The largest absolute Gasteiger partial charge is 0.496 e. The SMILES string of the molecule is COc1cc(Cl)ccc1-c1nncc2cnccc12. The monoisotopic (exact) mass is 271 g/mol. The summed E-state index contributed by atoms with van der Waals surface area (Å²) in [6.07, 6.45) is 5.18. The normalized spacial score (nSPS) is 10.6. The van der Waals surface area contributed by atoms with Crippen LogP contribution in [0.3, 0.4) is 0 Å². The van der Waals surface area contributed by atoms with E-state index in [2.05, 4.69) is 15.2 Å². The summed E-state index contributed by atoms with van der Waals surface area (Å²) < 4.78 is 5.36. The van der Waals surface area contributed by atoms with Gasteiger partial charge in [0, 0.05) is 33.8 Å². The van der Waals surface area contributed by atoms with E-state index in [0.29, 0.717) is 10.8 Å². The van der Waals surface area contributed by atoms with Crippen LogP contribution in [0.5, 0.6) is 5.75 Å². The van der Waals surface area contributed by atoms with E-state index < -0.39 is 0 Å². The summed E-state index contributed by atoms with van der Waals surface area (Å²) in [6, 6.07) is 7.36. The van der Waals surface area contributed by atoms with Crippen LogP contribution in [0.4, 0.5) is 0 Å². The first kappa shape index (κ1) is 11.9. The van der Waals surface area contributed by atoms with Crippen LogP contribution < -0.4 is 4.74 Å². The quantitative estimate of drug-likeness (QED) is 0.717. The average molecular weight is 272 g/mol. The summed E-state index contributed by atoms with van der Waals surface area (Å²) in [4.78, 5) is 4.08. The number of ether oxygens (including phenoxy) is 1. The molecule has 19 heavy (non-hydrogen) atoms. The van der Waals surface area contributed by atoms with Gasteiger partial charge in [-0.25, -0.2) is 0 Å². The summed E-state index contributed by atoms with van der Waals surface area (Å²) >= 11 is 5.98. The van der Waals surface area contributed by atoms with Crippen molar-refractivity contribution in [3.63, 3.8) is 0 Å². The lowest BCUT2D eigenvalue weighted by Gasteiger charge is -2.09. The summed E-state index contributed by atoms with van der Waals surface area (Å²) in [7, 11) is 1.61. The molecule has 1 aromatic carbocycles. The molecule has 0 saturated carbocycles. The van der Waals surface area contributed by atoms with Gasteiger partial charge in [0.05, 0.1) is 13.3 Å². The number of rotatable bonds is 2. The summed E-state index contributed by atoms with van der Waals surface area (Å²) in [5.41, 5.74) is 1.62. The lowest BCUT2D eigenvalue weighted by atomic mass is 10.1. The number of pyridine rings is 1. The molecule has 3 aromatic rings. The lowest BCUT2D eigenvalue weighted by molar-refractivity contribution is 0.416. The Morgan fingerprint density at radius 1 is 1.16 bits per heavy atom. The van der Waals surface area contributed by atoms with Gasteiger partial charge in [0.25, 0.3) is 0 Å². The fraction of sp³-hybridized carbons (Fsp3) is 0.0714. The Morgan fingerprint density at radius 3 is 2.89 bits per heavy atom. The van der Waals surface area contributed by atoms with Crippen molar-refractivity contribution in [1.29, 1.82) is 0 Å². The van der Waals surface area contributed by atoms with E-state index in [9.17, 15) is 0 Å². The number of halogens is 1. The lowest BCUT2D eigenvalue weighted by Crippen LogP contribution is -1.93. The maximum atomic E-state index is 5.98. The molecule has 0 unspecified atom stereocenters. The Labute approximate surface area is 115 Å². The highest BCUT2D eigenvalue weighted by atomic mass is 35.5. The molecular formula is C14H10ClN3O. The Hall–Kier alpha value is -2.20. The number of methoxy groups -OCH3 is 1. The highest BCUT2D eigenvalue weighted by molar-refractivity contribution is 6.30. The van der Waals surface area contributed by atoms with Crippen LogP contribution in [-0.2, 0) is 0 Å². The molecule has 0 radical (unpaired) electrons. The number of aromatic nitrogens is 3. The molecule has 0 aliphatic carbocycles. The Balaban J connectivity index is 2.30. The number of nitrogens with zero attached hydrogens (tertiary/aromatic N) is 3. The van der Waals surface area contributed by atoms with Crippen molar-refractivity contribution in [2.75, 3.05) is 7.11 Å². The molecule has 94 valence electrons. The predicted molar refractivity (Wildman–Crippen MR) is 74.3 cm³/mol. The molecule has 4 nitrogen and oxygen atoms in total. The third-order valence-electron chi connectivity index (χ3n) is 2.88. The topological polar surface area (TPSA) is 47.9 Å². The molecule has 0 bridgehead atoms. The van der Waals surface area contributed by atoms with Gasteiger partial charge in [-0.05, 0) is 24.3 Å². The fourth-order valence-electron chi connectivity index (χ4n) is 1.99. The molecule has 0 amide bonds. The maximum absolute atomic E-state index is 5.98. The predicted octanol–water partition coefficient (Wildman–Crippen LogP) is 3.35. The zero-order chi connectivity index (χ0) is 13.2. The molecule has 0 fully saturated rings. The highest BCUT2D eigenvalue weighted by Gasteiger charge is 2.11. The number of hydrogen-bond donors (Lipinski definition) is 0. The van der Waals surface area contributed by atoms with E-state index in [1.807, 2.05) is 12.1 Å². The maximum Gasteiger partial charge on any atom is 0.129 e. The average Bonchev–Trinajstić information content (AvgIpc) is 2.46. The minimum Gasteiger partial charge on any atom is -0.496 e. The van der Waals surface area contributed by atoms with Gasteiger partial charge in [-0.15, -0.1) is 5.10 Å². The van der Waals surface area contributed by atoms with Gasteiger partial charge in [0.15, 0.2) is 0 Å².